The Bertz CT molecular complexity index is 861. The van der Waals surface area contributed by atoms with Crippen LogP contribution in [-0.4, -0.2) is 38.3 Å². The van der Waals surface area contributed by atoms with E-state index in [1.54, 1.807) is 30.3 Å². The van der Waals surface area contributed by atoms with Crippen LogP contribution in [0, 0.1) is 5.92 Å². The number of hydrogen-bond acceptors (Lipinski definition) is 3. The molecular weight excluding hydrogens is 372 g/mol. The van der Waals surface area contributed by atoms with Gasteiger partial charge in [-0.2, -0.15) is 4.31 Å². The average molecular weight is 401 g/mol. The Labute approximate surface area is 168 Å². The summed E-state index contributed by atoms with van der Waals surface area (Å²) < 4.78 is 27.1. The third-order valence-electron chi connectivity index (χ3n) is 5.25. The lowest BCUT2D eigenvalue weighted by molar-refractivity contribution is -0.123. The molecule has 0 atom stereocenters. The standard InChI is InChI=1S/C22H28N2O3S/c1-2-3-16-24(20-10-6-4-7-11-20)22(25)19-14-17-23(18-15-19)28(26,27)21-12-8-5-9-13-21/h4-13,19H,2-3,14-18H2,1H3. The zero-order valence-electron chi connectivity index (χ0n) is 16.3. The quantitative estimate of drug-likeness (QED) is 0.708. The summed E-state index contributed by atoms with van der Waals surface area (Å²) in [4.78, 5) is 15.4. The summed E-state index contributed by atoms with van der Waals surface area (Å²) in [5, 5.41) is 0. The van der Waals surface area contributed by atoms with Crippen LogP contribution in [0.1, 0.15) is 32.6 Å². The third kappa shape index (κ3) is 4.62. The molecule has 0 spiro atoms. The van der Waals surface area contributed by atoms with Gasteiger partial charge in [0, 0.05) is 31.2 Å². The number of hydrogen-bond donors (Lipinski definition) is 0. The van der Waals surface area contributed by atoms with Crippen molar-refractivity contribution in [3.8, 4) is 0 Å². The van der Waals surface area contributed by atoms with Crippen molar-refractivity contribution in [2.75, 3.05) is 24.5 Å². The second-order valence-corrected chi connectivity index (χ2v) is 9.11. The highest BCUT2D eigenvalue weighted by Crippen LogP contribution is 2.27. The molecule has 5 nitrogen and oxygen atoms in total. The van der Waals surface area contributed by atoms with Crippen molar-refractivity contribution in [2.45, 2.75) is 37.5 Å². The number of unbranched alkanes of at least 4 members (excludes halogenated alkanes) is 1. The lowest BCUT2D eigenvalue weighted by Gasteiger charge is -2.33. The minimum atomic E-state index is -3.49. The summed E-state index contributed by atoms with van der Waals surface area (Å²) >= 11 is 0. The van der Waals surface area contributed by atoms with Crippen LogP contribution in [0.5, 0.6) is 0 Å². The number of benzene rings is 2. The van der Waals surface area contributed by atoms with E-state index in [0.29, 0.717) is 37.4 Å². The molecular formula is C22H28N2O3S. The van der Waals surface area contributed by atoms with Gasteiger partial charge in [0.05, 0.1) is 4.90 Å². The molecule has 0 N–H and O–H groups in total. The van der Waals surface area contributed by atoms with Gasteiger partial charge in [-0.1, -0.05) is 49.7 Å². The van der Waals surface area contributed by atoms with Gasteiger partial charge in [-0.15, -0.1) is 0 Å². The number of sulfonamides is 1. The number of para-hydroxylation sites is 1. The van der Waals surface area contributed by atoms with Crippen molar-refractivity contribution in [2.24, 2.45) is 5.92 Å². The lowest BCUT2D eigenvalue weighted by atomic mass is 9.96. The fraction of sp³-hybridized carbons (Fsp3) is 0.409. The molecule has 0 aromatic heterocycles. The van der Waals surface area contributed by atoms with E-state index in [0.717, 1.165) is 18.5 Å². The first-order chi connectivity index (χ1) is 13.5. The predicted octanol–water partition coefficient (Wildman–Crippen LogP) is 3.92. The molecule has 1 aliphatic heterocycles. The van der Waals surface area contributed by atoms with Crippen LogP contribution in [-0.2, 0) is 14.8 Å². The zero-order chi connectivity index (χ0) is 20.0. The average Bonchev–Trinajstić information content (AvgIpc) is 2.75. The second kappa shape index (κ2) is 9.34. The number of carbonyl (C=O) groups is 1. The fourth-order valence-electron chi connectivity index (χ4n) is 3.60. The molecule has 3 rings (SSSR count). The Morgan fingerprint density at radius 1 is 1.00 bits per heavy atom. The van der Waals surface area contributed by atoms with Crippen molar-refractivity contribution >= 4 is 21.6 Å². The van der Waals surface area contributed by atoms with Gasteiger partial charge >= 0.3 is 0 Å². The molecule has 28 heavy (non-hydrogen) atoms. The highest BCUT2D eigenvalue weighted by atomic mass is 32.2. The van der Waals surface area contributed by atoms with Gasteiger partial charge in [0.1, 0.15) is 0 Å². The zero-order valence-corrected chi connectivity index (χ0v) is 17.1. The molecule has 150 valence electrons. The van der Waals surface area contributed by atoms with Gasteiger partial charge < -0.3 is 4.90 Å². The molecule has 2 aromatic rings. The van der Waals surface area contributed by atoms with Gasteiger partial charge in [-0.3, -0.25) is 4.79 Å². The SMILES string of the molecule is CCCCN(C(=O)C1CCN(S(=O)(=O)c2ccccc2)CC1)c1ccccc1. The maximum Gasteiger partial charge on any atom is 0.243 e. The van der Waals surface area contributed by atoms with E-state index in [2.05, 4.69) is 6.92 Å². The normalized spacial score (nSPS) is 16.0. The van der Waals surface area contributed by atoms with E-state index in [4.69, 9.17) is 0 Å². The maximum atomic E-state index is 13.2. The maximum absolute atomic E-state index is 13.2. The summed E-state index contributed by atoms with van der Waals surface area (Å²) in [6, 6.07) is 18.3. The van der Waals surface area contributed by atoms with Crippen LogP contribution in [0.25, 0.3) is 0 Å². The summed E-state index contributed by atoms with van der Waals surface area (Å²) in [7, 11) is -3.49. The Morgan fingerprint density at radius 2 is 1.57 bits per heavy atom. The first-order valence-electron chi connectivity index (χ1n) is 9.95. The molecule has 0 unspecified atom stereocenters. The molecule has 1 saturated heterocycles. The minimum absolute atomic E-state index is 0.108. The smallest absolute Gasteiger partial charge is 0.243 e. The Kier molecular flexibility index (Phi) is 6.86. The number of rotatable bonds is 7. The molecule has 1 aliphatic rings. The summed E-state index contributed by atoms with van der Waals surface area (Å²) in [6.45, 7) is 3.57. The van der Waals surface area contributed by atoms with Crippen molar-refractivity contribution in [1.82, 2.24) is 4.31 Å². The van der Waals surface area contributed by atoms with Crippen LogP contribution >= 0.6 is 0 Å². The van der Waals surface area contributed by atoms with Crippen molar-refractivity contribution < 1.29 is 13.2 Å². The molecule has 1 heterocycles. The monoisotopic (exact) mass is 400 g/mol. The molecule has 2 aromatic carbocycles. The van der Waals surface area contributed by atoms with Gasteiger partial charge in [0.25, 0.3) is 0 Å². The number of amides is 1. The molecule has 0 bridgehead atoms. The van der Waals surface area contributed by atoms with E-state index in [-0.39, 0.29) is 11.8 Å². The predicted molar refractivity (Wildman–Crippen MR) is 112 cm³/mol. The fourth-order valence-corrected chi connectivity index (χ4v) is 5.09. The van der Waals surface area contributed by atoms with Crippen LogP contribution in [0.15, 0.2) is 65.6 Å². The van der Waals surface area contributed by atoms with Gasteiger partial charge in [-0.25, -0.2) is 8.42 Å². The van der Waals surface area contributed by atoms with E-state index < -0.39 is 10.0 Å². The topological polar surface area (TPSA) is 57.7 Å². The number of carbonyl (C=O) groups excluding carboxylic acids is 1. The second-order valence-electron chi connectivity index (χ2n) is 7.17. The Balaban J connectivity index is 1.68. The molecule has 6 heteroatoms. The van der Waals surface area contributed by atoms with Crippen LogP contribution in [0.4, 0.5) is 5.69 Å². The molecule has 1 fully saturated rings. The largest absolute Gasteiger partial charge is 0.312 e. The third-order valence-corrected chi connectivity index (χ3v) is 7.17. The van der Waals surface area contributed by atoms with E-state index >= 15 is 0 Å². The van der Waals surface area contributed by atoms with E-state index in [9.17, 15) is 13.2 Å². The Hall–Kier alpha value is -2.18. The highest BCUT2D eigenvalue weighted by molar-refractivity contribution is 7.89. The molecule has 1 amide bonds. The van der Waals surface area contributed by atoms with Crippen molar-refractivity contribution in [1.29, 1.82) is 0 Å². The highest BCUT2D eigenvalue weighted by Gasteiger charge is 2.34. The number of piperidine rings is 1. The van der Waals surface area contributed by atoms with E-state index in [1.807, 2.05) is 35.2 Å². The van der Waals surface area contributed by atoms with Crippen molar-refractivity contribution in [3.63, 3.8) is 0 Å². The van der Waals surface area contributed by atoms with Gasteiger partial charge in [-0.05, 0) is 43.5 Å². The minimum Gasteiger partial charge on any atom is -0.312 e. The van der Waals surface area contributed by atoms with E-state index in [1.165, 1.54) is 4.31 Å². The van der Waals surface area contributed by atoms with Crippen LogP contribution in [0.3, 0.4) is 0 Å². The molecule has 0 radical (unpaired) electrons. The summed E-state index contributed by atoms with van der Waals surface area (Å²) in [6.07, 6.45) is 3.08. The Morgan fingerprint density at radius 3 is 2.14 bits per heavy atom. The van der Waals surface area contributed by atoms with Gasteiger partial charge in [0.2, 0.25) is 15.9 Å². The summed E-state index contributed by atoms with van der Waals surface area (Å²) in [5.74, 6) is -0.0318. The van der Waals surface area contributed by atoms with Crippen LogP contribution in [0.2, 0.25) is 0 Å². The van der Waals surface area contributed by atoms with Crippen molar-refractivity contribution in [3.05, 3.63) is 60.7 Å². The first kappa shape index (κ1) is 20.6. The molecule has 0 aliphatic carbocycles. The summed E-state index contributed by atoms with van der Waals surface area (Å²) in [5.41, 5.74) is 0.917. The first-order valence-corrected chi connectivity index (χ1v) is 11.4. The molecule has 0 saturated carbocycles. The van der Waals surface area contributed by atoms with Gasteiger partial charge in [0.15, 0.2) is 0 Å². The number of nitrogens with zero attached hydrogens (tertiary/aromatic N) is 2. The van der Waals surface area contributed by atoms with Crippen LogP contribution < -0.4 is 4.90 Å². The lowest BCUT2D eigenvalue weighted by Crippen LogP contribution is -2.44. The number of anilines is 1.